The lowest BCUT2D eigenvalue weighted by molar-refractivity contribution is -0.138. The molecule has 35 heavy (non-hydrogen) atoms. The fourth-order valence-electron chi connectivity index (χ4n) is 6.57. The van der Waals surface area contributed by atoms with Crippen molar-refractivity contribution in [3.05, 3.63) is 99.5 Å². The molecule has 3 atom stereocenters. The molecule has 0 radical (unpaired) electrons. The first-order valence-electron chi connectivity index (χ1n) is 11.6. The van der Waals surface area contributed by atoms with Gasteiger partial charge < -0.3 is 4.90 Å². The molecule has 5 nitrogen and oxygen atoms in total. The molecule has 176 valence electrons. The average Bonchev–Trinajstić information content (AvgIpc) is 3.45. The van der Waals surface area contributed by atoms with Crippen LogP contribution in [0, 0.1) is 11.8 Å². The number of hydrogen-bond donors (Lipinski definition) is 0. The highest BCUT2D eigenvalue weighted by atomic mass is 35.5. The number of carbonyl (C=O) groups is 3. The van der Waals surface area contributed by atoms with E-state index in [0.717, 1.165) is 16.7 Å². The second-order valence-corrected chi connectivity index (χ2v) is 10.4. The number of carbonyl (C=O) groups excluding carboxylic acids is 3. The van der Waals surface area contributed by atoms with Gasteiger partial charge in [-0.1, -0.05) is 77.8 Å². The molecule has 6 rings (SSSR count). The van der Waals surface area contributed by atoms with Crippen LogP contribution in [0.2, 0.25) is 10.0 Å². The van der Waals surface area contributed by atoms with Crippen molar-refractivity contribution in [1.82, 2.24) is 4.90 Å². The molecule has 1 aliphatic carbocycles. The summed E-state index contributed by atoms with van der Waals surface area (Å²) in [5.41, 5.74) is 2.65. The van der Waals surface area contributed by atoms with Crippen molar-refractivity contribution in [2.75, 3.05) is 4.90 Å². The van der Waals surface area contributed by atoms with E-state index in [9.17, 15) is 14.4 Å². The largest absolute Gasteiger partial charge is 0.328 e. The van der Waals surface area contributed by atoms with Gasteiger partial charge in [0, 0.05) is 6.92 Å². The van der Waals surface area contributed by atoms with Gasteiger partial charge in [-0.25, -0.2) is 4.90 Å². The van der Waals surface area contributed by atoms with Gasteiger partial charge in [-0.15, -0.1) is 0 Å². The summed E-state index contributed by atoms with van der Waals surface area (Å²) >= 11 is 12.3. The van der Waals surface area contributed by atoms with Crippen LogP contribution in [0.4, 0.5) is 5.69 Å². The van der Waals surface area contributed by atoms with Crippen LogP contribution < -0.4 is 4.90 Å². The van der Waals surface area contributed by atoms with E-state index in [1.807, 2.05) is 59.5 Å². The van der Waals surface area contributed by atoms with Crippen molar-refractivity contribution in [1.29, 1.82) is 0 Å². The number of imide groups is 1. The maximum atomic E-state index is 14.1. The Labute approximate surface area is 213 Å². The number of hydrogen-bond acceptors (Lipinski definition) is 3. The van der Waals surface area contributed by atoms with Gasteiger partial charge >= 0.3 is 0 Å². The van der Waals surface area contributed by atoms with Crippen LogP contribution in [0.15, 0.2) is 72.8 Å². The number of halogens is 2. The zero-order valence-electron chi connectivity index (χ0n) is 18.9. The zero-order chi connectivity index (χ0) is 24.5. The number of rotatable bonds is 2. The maximum Gasteiger partial charge on any atom is 0.240 e. The number of amides is 3. The lowest BCUT2D eigenvalue weighted by Gasteiger charge is -2.41. The molecule has 1 spiro atoms. The van der Waals surface area contributed by atoms with Gasteiger partial charge in [0.1, 0.15) is 0 Å². The van der Waals surface area contributed by atoms with Crippen LogP contribution in [0.25, 0.3) is 0 Å². The number of benzene rings is 3. The van der Waals surface area contributed by atoms with Crippen LogP contribution in [0.3, 0.4) is 0 Å². The molecular formula is C28H22Cl2N2O3. The van der Waals surface area contributed by atoms with Crippen molar-refractivity contribution in [2.45, 2.75) is 31.3 Å². The van der Waals surface area contributed by atoms with Gasteiger partial charge in [-0.05, 0) is 47.7 Å². The minimum atomic E-state index is -0.821. The molecule has 3 amide bonds. The second kappa shape index (κ2) is 7.94. The molecule has 3 unspecified atom stereocenters. The summed E-state index contributed by atoms with van der Waals surface area (Å²) in [6.07, 6.45) is 1.06. The fraction of sp³-hybridized carbons (Fsp3) is 0.250. The predicted octanol–water partition coefficient (Wildman–Crippen LogP) is 5.24. The van der Waals surface area contributed by atoms with E-state index in [0.29, 0.717) is 23.6 Å². The van der Waals surface area contributed by atoms with Crippen LogP contribution in [-0.4, -0.2) is 28.2 Å². The van der Waals surface area contributed by atoms with Crippen molar-refractivity contribution < 1.29 is 14.4 Å². The monoisotopic (exact) mass is 504 g/mol. The van der Waals surface area contributed by atoms with Gasteiger partial charge in [0.05, 0.1) is 39.1 Å². The first kappa shape index (κ1) is 22.3. The molecule has 0 aromatic heterocycles. The van der Waals surface area contributed by atoms with Crippen molar-refractivity contribution in [2.24, 2.45) is 11.8 Å². The smallest absolute Gasteiger partial charge is 0.240 e. The maximum absolute atomic E-state index is 14.1. The third-order valence-corrected chi connectivity index (χ3v) is 8.52. The highest BCUT2D eigenvalue weighted by Gasteiger charge is 2.70. The van der Waals surface area contributed by atoms with Crippen molar-refractivity contribution >= 4 is 46.6 Å². The first-order valence-corrected chi connectivity index (χ1v) is 12.3. The Hall–Kier alpha value is -3.15. The Kier molecular flexibility index (Phi) is 5.06. The van der Waals surface area contributed by atoms with Gasteiger partial charge in [0.2, 0.25) is 17.7 Å². The molecule has 2 heterocycles. The van der Waals surface area contributed by atoms with Gasteiger partial charge in [-0.2, -0.15) is 0 Å². The van der Waals surface area contributed by atoms with E-state index >= 15 is 0 Å². The third-order valence-electron chi connectivity index (χ3n) is 7.78. The van der Waals surface area contributed by atoms with E-state index in [4.69, 9.17) is 23.2 Å². The molecule has 2 fully saturated rings. The molecule has 3 aliphatic rings. The quantitative estimate of drug-likeness (QED) is 0.448. The van der Waals surface area contributed by atoms with Crippen LogP contribution in [0.5, 0.6) is 0 Å². The summed E-state index contributed by atoms with van der Waals surface area (Å²) in [7, 11) is 0. The molecule has 2 aliphatic heterocycles. The first-order chi connectivity index (χ1) is 16.8. The predicted molar refractivity (Wildman–Crippen MR) is 134 cm³/mol. The van der Waals surface area contributed by atoms with Crippen molar-refractivity contribution in [3.63, 3.8) is 0 Å². The summed E-state index contributed by atoms with van der Waals surface area (Å²) in [6, 6.07) is 21.8. The topological polar surface area (TPSA) is 57.7 Å². The summed E-state index contributed by atoms with van der Waals surface area (Å²) in [6.45, 7) is 1.54. The normalized spacial score (nSPS) is 24.3. The minimum absolute atomic E-state index is 0.136. The standard InChI is InChI=1S/C28H22Cl2N2O3/c1-16(33)32-25(17-7-3-2-4-8-17)23-24(28(32)14-18-9-5-6-10-19(18)15-28)27(35)31(26(23)34)20-11-12-21(29)22(30)13-20/h2-13,23-25H,14-15H2,1H3. The molecular weight excluding hydrogens is 483 g/mol. The Balaban J connectivity index is 1.55. The molecule has 0 bridgehead atoms. The fourth-order valence-corrected chi connectivity index (χ4v) is 6.86. The van der Waals surface area contributed by atoms with Crippen molar-refractivity contribution in [3.8, 4) is 0 Å². The van der Waals surface area contributed by atoms with E-state index in [2.05, 4.69) is 0 Å². The van der Waals surface area contributed by atoms with E-state index in [1.54, 1.807) is 18.2 Å². The molecule has 7 heteroatoms. The number of nitrogens with zero attached hydrogens (tertiary/aromatic N) is 2. The lowest BCUT2D eigenvalue weighted by atomic mass is 9.77. The van der Waals surface area contributed by atoms with Gasteiger partial charge in [-0.3, -0.25) is 14.4 Å². The lowest BCUT2D eigenvalue weighted by Crippen LogP contribution is -2.54. The van der Waals surface area contributed by atoms with Crippen LogP contribution >= 0.6 is 23.2 Å². The van der Waals surface area contributed by atoms with E-state index < -0.39 is 23.4 Å². The number of anilines is 1. The summed E-state index contributed by atoms with van der Waals surface area (Å²) < 4.78 is 0. The Morgan fingerprint density at radius 2 is 1.49 bits per heavy atom. The average molecular weight is 505 g/mol. The molecule has 2 saturated heterocycles. The number of likely N-dealkylation sites (tertiary alicyclic amines) is 1. The van der Waals surface area contributed by atoms with Crippen LogP contribution in [0.1, 0.15) is 29.7 Å². The zero-order valence-corrected chi connectivity index (χ0v) is 20.5. The Morgan fingerprint density at radius 3 is 2.09 bits per heavy atom. The minimum Gasteiger partial charge on any atom is -0.328 e. The van der Waals surface area contributed by atoms with E-state index in [1.165, 1.54) is 11.8 Å². The molecule has 3 aromatic carbocycles. The third kappa shape index (κ3) is 3.11. The second-order valence-electron chi connectivity index (χ2n) is 9.58. The highest BCUT2D eigenvalue weighted by Crippen LogP contribution is 2.59. The highest BCUT2D eigenvalue weighted by molar-refractivity contribution is 6.42. The Bertz CT molecular complexity index is 1360. The van der Waals surface area contributed by atoms with Gasteiger partial charge in [0.15, 0.2) is 0 Å². The number of fused-ring (bicyclic) bond motifs is 3. The molecule has 3 aromatic rings. The van der Waals surface area contributed by atoms with Gasteiger partial charge in [0.25, 0.3) is 0 Å². The molecule has 0 saturated carbocycles. The summed E-state index contributed by atoms with van der Waals surface area (Å²) in [5.74, 6) is -2.12. The SMILES string of the molecule is CC(=O)N1C(c2ccccc2)C2C(=O)N(c3ccc(Cl)c(Cl)c3)C(=O)C2C12Cc1ccccc1C2. The summed E-state index contributed by atoms with van der Waals surface area (Å²) in [5, 5.41) is 0.622. The van der Waals surface area contributed by atoms with E-state index in [-0.39, 0.29) is 22.7 Å². The summed E-state index contributed by atoms with van der Waals surface area (Å²) in [4.78, 5) is 44.5. The Morgan fingerprint density at radius 1 is 0.857 bits per heavy atom. The van der Waals surface area contributed by atoms with Crippen LogP contribution in [-0.2, 0) is 27.2 Å². The molecule has 0 N–H and O–H groups in total.